The van der Waals surface area contributed by atoms with Gasteiger partial charge < -0.3 is 10.4 Å². The molecule has 1 saturated heterocycles. The molecule has 0 aliphatic carbocycles. The molecule has 1 unspecified atom stereocenters. The molecule has 1 fully saturated rings. The van der Waals surface area contributed by atoms with E-state index < -0.39 is 5.97 Å². The fraction of sp³-hybridized carbons (Fsp3) is 0.909. The molecule has 88 valence electrons. The highest BCUT2D eigenvalue weighted by atomic mass is 16.4. The van der Waals surface area contributed by atoms with Crippen molar-refractivity contribution in [1.29, 1.82) is 0 Å². The van der Waals surface area contributed by atoms with Gasteiger partial charge in [0.15, 0.2) is 0 Å². The maximum absolute atomic E-state index is 11.0. The van der Waals surface area contributed by atoms with Crippen molar-refractivity contribution in [2.24, 2.45) is 5.92 Å². The lowest BCUT2D eigenvalue weighted by Crippen LogP contribution is -2.55. The highest BCUT2D eigenvalue weighted by Crippen LogP contribution is 2.13. The maximum atomic E-state index is 11.0. The second kappa shape index (κ2) is 6.08. The van der Waals surface area contributed by atoms with Crippen molar-refractivity contribution in [2.75, 3.05) is 26.2 Å². The van der Waals surface area contributed by atoms with Gasteiger partial charge in [-0.25, -0.2) is 0 Å². The van der Waals surface area contributed by atoms with Gasteiger partial charge in [0.1, 0.15) is 6.04 Å². The smallest absolute Gasteiger partial charge is 0.322 e. The van der Waals surface area contributed by atoms with Crippen LogP contribution in [0.1, 0.15) is 26.7 Å². The number of nitrogens with one attached hydrogen (secondary N) is 1. The van der Waals surface area contributed by atoms with Gasteiger partial charge in [0.25, 0.3) is 0 Å². The number of piperazine rings is 1. The number of carboxylic acid groups (broad SMARTS) is 1. The summed E-state index contributed by atoms with van der Waals surface area (Å²) >= 11 is 0. The Hall–Kier alpha value is -0.610. The van der Waals surface area contributed by atoms with E-state index in [0.29, 0.717) is 12.5 Å². The molecule has 2 N–H and O–H groups in total. The zero-order chi connectivity index (χ0) is 11.3. The molecule has 0 aromatic carbocycles. The lowest BCUT2D eigenvalue weighted by molar-refractivity contribution is -0.144. The molecule has 1 aliphatic heterocycles. The molecule has 1 atom stereocenters. The molecule has 15 heavy (non-hydrogen) atoms. The third-order valence-corrected chi connectivity index (χ3v) is 3.29. The Morgan fingerprint density at radius 3 is 2.73 bits per heavy atom. The minimum Gasteiger partial charge on any atom is -0.480 e. The number of aliphatic carboxylic acids is 1. The molecule has 1 heterocycles. The molecule has 0 aromatic rings. The normalized spacial score (nSPS) is 23.3. The molecule has 0 saturated carbocycles. The predicted molar refractivity (Wildman–Crippen MR) is 59.9 cm³/mol. The van der Waals surface area contributed by atoms with Crippen molar-refractivity contribution in [3.63, 3.8) is 0 Å². The first-order chi connectivity index (χ1) is 7.19. The Morgan fingerprint density at radius 1 is 1.53 bits per heavy atom. The molecule has 0 radical (unpaired) electrons. The van der Waals surface area contributed by atoms with Gasteiger partial charge in [0.05, 0.1) is 0 Å². The fourth-order valence-electron chi connectivity index (χ4n) is 2.09. The van der Waals surface area contributed by atoms with E-state index in [1.807, 2.05) is 0 Å². The summed E-state index contributed by atoms with van der Waals surface area (Å²) in [5.74, 6) is -0.0712. The molecule has 4 nitrogen and oxygen atoms in total. The van der Waals surface area contributed by atoms with Gasteiger partial charge in [-0.3, -0.25) is 9.69 Å². The molecule has 4 heteroatoms. The van der Waals surface area contributed by atoms with Gasteiger partial charge in [-0.15, -0.1) is 0 Å². The zero-order valence-corrected chi connectivity index (χ0v) is 9.70. The van der Waals surface area contributed by atoms with Crippen LogP contribution in [0.5, 0.6) is 0 Å². The number of hydrogen-bond acceptors (Lipinski definition) is 3. The van der Waals surface area contributed by atoms with E-state index in [1.165, 1.54) is 0 Å². The molecular weight excluding hydrogens is 192 g/mol. The molecule has 0 bridgehead atoms. The van der Waals surface area contributed by atoms with Gasteiger partial charge >= 0.3 is 5.97 Å². The zero-order valence-electron chi connectivity index (χ0n) is 9.70. The summed E-state index contributed by atoms with van der Waals surface area (Å²) < 4.78 is 0. The molecule has 0 amide bonds. The number of nitrogens with zero attached hydrogens (tertiary/aromatic N) is 1. The van der Waals surface area contributed by atoms with E-state index in [2.05, 4.69) is 24.1 Å². The third-order valence-electron chi connectivity index (χ3n) is 3.29. The van der Waals surface area contributed by atoms with E-state index in [-0.39, 0.29) is 6.04 Å². The van der Waals surface area contributed by atoms with Crippen LogP contribution in [0.4, 0.5) is 0 Å². The van der Waals surface area contributed by atoms with Gasteiger partial charge in [0, 0.05) is 26.2 Å². The minimum absolute atomic E-state index is 0.334. The number of carboxylic acids is 1. The van der Waals surface area contributed by atoms with Crippen molar-refractivity contribution in [3.05, 3.63) is 0 Å². The first kappa shape index (κ1) is 12.5. The second-order valence-electron chi connectivity index (χ2n) is 4.24. The van der Waals surface area contributed by atoms with Gasteiger partial charge in [0.2, 0.25) is 0 Å². The average Bonchev–Trinajstić information content (AvgIpc) is 2.26. The summed E-state index contributed by atoms with van der Waals surface area (Å²) in [4.78, 5) is 13.1. The predicted octanol–water partition coefficient (Wildman–Crippen LogP) is 0.781. The standard InChI is InChI=1S/C11H22N2O2/c1-3-9(4-2)8-13-6-5-12-7-10(13)11(14)15/h9-10,12H,3-8H2,1-2H3,(H,14,15). The highest BCUT2D eigenvalue weighted by molar-refractivity contribution is 5.73. The quantitative estimate of drug-likeness (QED) is 0.710. The minimum atomic E-state index is -0.701. The summed E-state index contributed by atoms with van der Waals surface area (Å²) in [5.41, 5.74) is 0. The van der Waals surface area contributed by atoms with Crippen molar-refractivity contribution < 1.29 is 9.90 Å². The lowest BCUT2D eigenvalue weighted by Gasteiger charge is -2.35. The topological polar surface area (TPSA) is 52.6 Å². The molecule has 1 aliphatic rings. The van der Waals surface area contributed by atoms with Crippen molar-refractivity contribution >= 4 is 5.97 Å². The van der Waals surface area contributed by atoms with Crippen LogP contribution < -0.4 is 5.32 Å². The Balaban J connectivity index is 2.52. The van der Waals surface area contributed by atoms with Crippen molar-refractivity contribution in [3.8, 4) is 0 Å². The van der Waals surface area contributed by atoms with E-state index in [1.54, 1.807) is 0 Å². The summed E-state index contributed by atoms with van der Waals surface area (Å²) in [5, 5.41) is 12.2. The number of rotatable bonds is 5. The SMILES string of the molecule is CCC(CC)CN1CCNCC1C(=O)O. The van der Waals surface area contributed by atoms with Crippen LogP contribution in [-0.4, -0.2) is 48.2 Å². The Kier molecular flexibility index (Phi) is 5.05. The van der Waals surface area contributed by atoms with Gasteiger partial charge in [-0.1, -0.05) is 26.7 Å². The van der Waals surface area contributed by atoms with Crippen LogP contribution in [0.25, 0.3) is 0 Å². The fourth-order valence-corrected chi connectivity index (χ4v) is 2.09. The second-order valence-corrected chi connectivity index (χ2v) is 4.24. The van der Waals surface area contributed by atoms with Crippen molar-refractivity contribution in [1.82, 2.24) is 10.2 Å². The molecule has 1 rings (SSSR count). The van der Waals surface area contributed by atoms with Crippen molar-refractivity contribution in [2.45, 2.75) is 32.7 Å². The first-order valence-electron chi connectivity index (χ1n) is 5.86. The van der Waals surface area contributed by atoms with Crippen LogP contribution >= 0.6 is 0 Å². The monoisotopic (exact) mass is 214 g/mol. The largest absolute Gasteiger partial charge is 0.480 e. The Bertz CT molecular complexity index is 205. The van der Waals surface area contributed by atoms with Gasteiger partial charge in [-0.05, 0) is 5.92 Å². The summed E-state index contributed by atoms with van der Waals surface area (Å²) in [7, 11) is 0. The van der Waals surface area contributed by atoms with E-state index in [4.69, 9.17) is 5.11 Å². The number of hydrogen-bond donors (Lipinski definition) is 2. The maximum Gasteiger partial charge on any atom is 0.322 e. The molecule has 0 aromatic heterocycles. The molecular formula is C11H22N2O2. The van der Waals surface area contributed by atoms with Gasteiger partial charge in [-0.2, -0.15) is 0 Å². The van der Waals surface area contributed by atoms with Crippen LogP contribution in [0.2, 0.25) is 0 Å². The summed E-state index contributed by atoms with van der Waals surface area (Å²) in [6.45, 7) is 7.61. The van der Waals surface area contributed by atoms with E-state index in [9.17, 15) is 4.79 Å². The van der Waals surface area contributed by atoms with Crippen LogP contribution in [0, 0.1) is 5.92 Å². The highest BCUT2D eigenvalue weighted by Gasteiger charge is 2.28. The van der Waals surface area contributed by atoms with Crippen LogP contribution in [-0.2, 0) is 4.79 Å². The Morgan fingerprint density at radius 2 is 2.20 bits per heavy atom. The van der Waals surface area contributed by atoms with E-state index >= 15 is 0 Å². The molecule has 0 spiro atoms. The lowest BCUT2D eigenvalue weighted by atomic mass is 10.0. The van der Waals surface area contributed by atoms with Crippen LogP contribution in [0.3, 0.4) is 0 Å². The first-order valence-corrected chi connectivity index (χ1v) is 5.86. The average molecular weight is 214 g/mol. The third kappa shape index (κ3) is 3.47. The summed E-state index contributed by atoms with van der Waals surface area (Å²) in [6, 6.07) is -0.334. The number of carbonyl (C=O) groups is 1. The summed E-state index contributed by atoms with van der Waals surface area (Å²) in [6.07, 6.45) is 2.26. The van der Waals surface area contributed by atoms with Crippen LogP contribution in [0.15, 0.2) is 0 Å². The Labute approximate surface area is 91.6 Å². The van der Waals surface area contributed by atoms with E-state index in [0.717, 1.165) is 32.5 Å².